The fourth-order valence-corrected chi connectivity index (χ4v) is 2.36. The van der Waals surface area contributed by atoms with E-state index in [1.165, 1.54) is 24.3 Å². The standard InChI is InChI=1S/C17H17N3O7/c1-2-9-19-13(15(20(25)26)16(23)18-17(19)24)8-5-11-3-6-12(7-4-11)27-10-14(21)22/h3-8H,2,9-10H2,1H3,(H,21,22)(H,18,23,24)/b8-5+. The molecule has 2 N–H and O–H groups in total. The van der Waals surface area contributed by atoms with Crippen LogP contribution in [0.4, 0.5) is 5.69 Å². The Balaban J connectivity index is 2.40. The number of hydrogen-bond donors (Lipinski definition) is 2. The molecule has 1 heterocycles. The van der Waals surface area contributed by atoms with Crippen molar-refractivity contribution in [3.63, 3.8) is 0 Å². The Labute approximate surface area is 152 Å². The summed E-state index contributed by atoms with van der Waals surface area (Å²) in [7, 11) is 0. The van der Waals surface area contributed by atoms with Crippen molar-refractivity contribution in [2.24, 2.45) is 0 Å². The molecule has 142 valence electrons. The third kappa shape index (κ3) is 4.91. The number of aromatic nitrogens is 2. The second-order valence-corrected chi connectivity index (χ2v) is 5.49. The molecule has 0 amide bonds. The van der Waals surface area contributed by atoms with Crippen molar-refractivity contribution in [2.75, 3.05) is 6.61 Å². The van der Waals surface area contributed by atoms with E-state index in [1.54, 1.807) is 19.1 Å². The van der Waals surface area contributed by atoms with Crippen molar-refractivity contribution >= 4 is 23.8 Å². The predicted molar refractivity (Wildman–Crippen MR) is 96.8 cm³/mol. The highest BCUT2D eigenvalue weighted by Gasteiger charge is 2.22. The molecule has 0 saturated heterocycles. The lowest BCUT2D eigenvalue weighted by atomic mass is 10.2. The van der Waals surface area contributed by atoms with Gasteiger partial charge in [-0.1, -0.05) is 25.1 Å². The minimum absolute atomic E-state index is 0.0956. The zero-order chi connectivity index (χ0) is 20.0. The zero-order valence-corrected chi connectivity index (χ0v) is 14.4. The van der Waals surface area contributed by atoms with Gasteiger partial charge in [0.05, 0.1) is 4.92 Å². The van der Waals surface area contributed by atoms with Gasteiger partial charge in [0.1, 0.15) is 11.4 Å². The smallest absolute Gasteiger partial charge is 0.357 e. The van der Waals surface area contributed by atoms with Crippen LogP contribution in [-0.4, -0.2) is 32.2 Å². The van der Waals surface area contributed by atoms with E-state index in [0.29, 0.717) is 17.7 Å². The molecule has 10 nitrogen and oxygen atoms in total. The van der Waals surface area contributed by atoms with E-state index in [9.17, 15) is 24.5 Å². The summed E-state index contributed by atoms with van der Waals surface area (Å²) in [4.78, 5) is 46.7. The maximum absolute atomic E-state index is 12.0. The van der Waals surface area contributed by atoms with Crippen LogP contribution in [0.15, 0.2) is 33.9 Å². The summed E-state index contributed by atoms with van der Waals surface area (Å²) in [6.07, 6.45) is 3.38. The first kappa shape index (κ1) is 19.6. The van der Waals surface area contributed by atoms with Gasteiger partial charge >= 0.3 is 22.9 Å². The first-order chi connectivity index (χ1) is 12.8. The van der Waals surface area contributed by atoms with Crippen molar-refractivity contribution < 1.29 is 19.6 Å². The second-order valence-electron chi connectivity index (χ2n) is 5.49. The fourth-order valence-electron chi connectivity index (χ4n) is 2.36. The second kappa shape index (κ2) is 8.61. The van der Waals surface area contributed by atoms with Crippen molar-refractivity contribution in [1.82, 2.24) is 9.55 Å². The monoisotopic (exact) mass is 375 g/mol. The summed E-state index contributed by atoms with van der Waals surface area (Å²) in [6.45, 7) is 1.53. The summed E-state index contributed by atoms with van der Waals surface area (Å²) >= 11 is 0. The molecule has 0 bridgehead atoms. The molecule has 0 aliphatic heterocycles. The van der Waals surface area contributed by atoms with Crippen molar-refractivity contribution in [2.45, 2.75) is 19.9 Å². The number of carboxylic acid groups (broad SMARTS) is 1. The summed E-state index contributed by atoms with van der Waals surface area (Å²) in [5.74, 6) is -0.756. The first-order valence-corrected chi connectivity index (χ1v) is 7.97. The summed E-state index contributed by atoms with van der Waals surface area (Å²) in [5, 5.41) is 19.8. The van der Waals surface area contributed by atoms with E-state index < -0.39 is 34.4 Å². The van der Waals surface area contributed by atoms with Gasteiger partial charge in [-0.3, -0.25) is 24.5 Å². The number of rotatable bonds is 8. The molecule has 2 rings (SSSR count). The van der Waals surface area contributed by atoms with Crippen LogP contribution < -0.4 is 16.0 Å². The SMILES string of the molecule is CCCn1c(/C=C/c2ccc(OCC(=O)O)cc2)c([N+](=O)[O-])c(=O)[nH]c1=O. The van der Waals surface area contributed by atoms with E-state index in [1.807, 2.05) is 4.98 Å². The Morgan fingerprint density at radius 1 is 1.30 bits per heavy atom. The Kier molecular flexibility index (Phi) is 6.26. The zero-order valence-electron chi connectivity index (χ0n) is 14.4. The molecule has 1 aromatic heterocycles. The van der Waals surface area contributed by atoms with Gasteiger partial charge in [-0.2, -0.15) is 0 Å². The van der Waals surface area contributed by atoms with Gasteiger partial charge in [-0.05, 0) is 30.2 Å². The van der Waals surface area contributed by atoms with Crippen LogP contribution in [-0.2, 0) is 11.3 Å². The number of H-pyrrole nitrogens is 1. The number of aliphatic carboxylic acids is 1. The minimum Gasteiger partial charge on any atom is -0.482 e. The number of nitro groups is 1. The highest BCUT2D eigenvalue weighted by atomic mass is 16.6. The quantitative estimate of drug-likeness (QED) is 0.525. The molecule has 0 atom stereocenters. The summed E-state index contributed by atoms with van der Waals surface area (Å²) in [5.41, 5.74) is -1.97. The lowest BCUT2D eigenvalue weighted by molar-refractivity contribution is -0.387. The molecule has 1 aromatic carbocycles. The van der Waals surface area contributed by atoms with E-state index >= 15 is 0 Å². The average Bonchev–Trinajstić information content (AvgIpc) is 2.61. The maximum atomic E-state index is 12.0. The van der Waals surface area contributed by atoms with Gasteiger partial charge in [0.2, 0.25) is 0 Å². The van der Waals surface area contributed by atoms with Crippen molar-refractivity contribution in [1.29, 1.82) is 0 Å². The molecule has 0 aliphatic carbocycles. The lowest BCUT2D eigenvalue weighted by Gasteiger charge is -2.08. The molecular formula is C17H17N3O7. The van der Waals surface area contributed by atoms with E-state index in [0.717, 1.165) is 4.57 Å². The Morgan fingerprint density at radius 2 is 1.96 bits per heavy atom. The highest BCUT2D eigenvalue weighted by molar-refractivity contribution is 5.72. The number of carboxylic acids is 1. The van der Waals surface area contributed by atoms with E-state index in [-0.39, 0.29) is 12.2 Å². The number of aromatic amines is 1. The molecular weight excluding hydrogens is 358 g/mol. The highest BCUT2D eigenvalue weighted by Crippen LogP contribution is 2.17. The third-order valence-corrected chi connectivity index (χ3v) is 3.52. The van der Waals surface area contributed by atoms with E-state index in [2.05, 4.69) is 0 Å². The van der Waals surface area contributed by atoms with Gasteiger partial charge in [-0.25, -0.2) is 9.59 Å². The van der Waals surface area contributed by atoms with Crippen LogP contribution in [0.5, 0.6) is 5.75 Å². The van der Waals surface area contributed by atoms with Gasteiger partial charge in [0, 0.05) is 6.54 Å². The number of benzene rings is 1. The molecule has 27 heavy (non-hydrogen) atoms. The third-order valence-electron chi connectivity index (χ3n) is 3.52. The van der Waals surface area contributed by atoms with Gasteiger partial charge in [0.15, 0.2) is 6.61 Å². The average molecular weight is 375 g/mol. The Bertz CT molecular complexity index is 987. The molecule has 10 heteroatoms. The predicted octanol–water partition coefficient (Wildman–Crippen LogP) is 1.49. The Hall–Kier alpha value is -3.69. The molecule has 2 aromatic rings. The van der Waals surface area contributed by atoms with Crippen molar-refractivity contribution in [3.8, 4) is 5.75 Å². The fraction of sp³-hybridized carbons (Fsp3) is 0.235. The number of hydrogen-bond acceptors (Lipinski definition) is 6. The first-order valence-electron chi connectivity index (χ1n) is 7.97. The van der Waals surface area contributed by atoms with Gasteiger partial charge < -0.3 is 9.84 Å². The minimum atomic E-state index is -1.10. The van der Waals surface area contributed by atoms with Crippen LogP contribution >= 0.6 is 0 Å². The summed E-state index contributed by atoms with van der Waals surface area (Å²) in [6, 6.07) is 6.28. The normalized spacial score (nSPS) is 10.9. The molecule has 0 radical (unpaired) electrons. The van der Waals surface area contributed by atoms with Gasteiger partial charge in [-0.15, -0.1) is 0 Å². The number of carbonyl (C=O) groups is 1. The van der Waals surface area contributed by atoms with Crippen LogP contribution in [0.1, 0.15) is 24.6 Å². The molecule has 0 spiro atoms. The van der Waals surface area contributed by atoms with Crippen LogP contribution in [0.2, 0.25) is 0 Å². The molecule has 0 aliphatic rings. The number of nitrogens with one attached hydrogen (secondary N) is 1. The van der Waals surface area contributed by atoms with Crippen LogP contribution in [0, 0.1) is 10.1 Å². The Morgan fingerprint density at radius 3 is 2.52 bits per heavy atom. The number of nitrogens with zero attached hydrogens (tertiary/aromatic N) is 2. The molecule has 0 saturated carbocycles. The largest absolute Gasteiger partial charge is 0.482 e. The van der Waals surface area contributed by atoms with Gasteiger partial charge in [0.25, 0.3) is 0 Å². The molecule has 0 fully saturated rings. The summed E-state index contributed by atoms with van der Waals surface area (Å²) < 4.78 is 6.15. The molecule has 0 unspecified atom stereocenters. The van der Waals surface area contributed by atoms with Crippen LogP contribution in [0.3, 0.4) is 0 Å². The number of ether oxygens (including phenoxy) is 1. The topological polar surface area (TPSA) is 145 Å². The van der Waals surface area contributed by atoms with Crippen LogP contribution in [0.25, 0.3) is 12.2 Å². The lowest BCUT2D eigenvalue weighted by Crippen LogP contribution is -2.33. The maximum Gasteiger partial charge on any atom is 0.357 e. The van der Waals surface area contributed by atoms with Crippen molar-refractivity contribution in [3.05, 3.63) is 66.5 Å². The van der Waals surface area contributed by atoms with E-state index in [4.69, 9.17) is 9.84 Å².